The normalized spacial score (nSPS) is 17.3. The second-order valence-corrected chi connectivity index (χ2v) is 19.8. The largest absolute Gasteiger partial charge is 0.266 e. The van der Waals surface area contributed by atoms with Crippen molar-refractivity contribution in [3.63, 3.8) is 0 Å². The van der Waals surface area contributed by atoms with Crippen LogP contribution in [0.2, 0.25) is 31.7 Å². The molecule has 0 N–H and O–H groups in total. The molecule has 0 fully saturated rings. The van der Waals surface area contributed by atoms with Crippen LogP contribution in [-0.2, 0) is 6.42 Å². The van der Waals surface area contributed by atoms with E-state index in [1.165, 1.54) is 38.5 Å². The van der Waals surface area contributed by atoms with E-state index < -0.39 is 16.1 Å². The number of rotatable bonds is 6. The van der Waals surface area contributed by atoms with E-state index in [0.717, 1.165) is 6.42 Å². The Labute approximate surface area is 217 Å². The number of nitrogens with zero attached hydrogens (tertiary/aromatic N) is 2. The van der Waals surface area contributed by atoms with Gasteiger partial charge in [-0.1, -0.05) is 105 Å². The minimum absolute atomic E-state index is 0.448. The zero-order valence-corrected chi connectivity index (χ0v) is 23.6. The molecule has 1 unspecified atom stereocenters. The average Bonchev–Trinajstić information content (AvgIpc) is 3.31. The summed E-state index contributed by atoms with van der Waals surface area (Å²) < 4.78 is 0. The van der Waals surface area contributed by atoms with Gasteiger partial charge in [0.1, 0.15) is 16.1 Å². The Morgan fingerprint density at radius 3 is 2.00 bits per heavy atom. The molecule has 1 atom stereocenters. The Morgan fingerprint density at radius 2 is 1.33 bits per heavy atom. The van der Waals surface area contributed by atoms with Gasteiger partial charge < -0.3 is 0 Å². The standard InChI is InChI=1S/C32H34N2Si2/c1-35(2,30-18-10-12-21-33-30)23-20-28(25-14-6-5-7-15-25)32-27-17-9-8-16-26(27)24-29(32)36(3,4)31-19-11-13-22-34-31/h5-23,29H,24H2,1-4H3/b23-20+,32-28+. The number of hydrogen-bond acceptors (Lipinski definition) is 2. The van der Waals surface area contributed by atoms with Crippen LogP contribution in [0.1, 0.15) is 16.7 Å². The summed E-state index contributed by atoms with van der Waals surface area (Å²) in [6.07, 6.45) is 7.36. The van der Waals surface area contributed by atoms with Crippen LogP contribution in [0.3, 0.4) is 0 Å². The van der Waals surface area contributed by atoms with Gasteiger partial charge in [-0.2, -0.15) is 0 Å². The summed E-state index contributed by atoms with van der Waals surface area (Å²) in [5, 5.41) is 2.49. The smallest absolute Gasteiger partial charge is 0.127 e. The van der Waals surface area contributed by atoms with E-state index >= 15 is 0 Å². The van der Waals surface area contributed by atoms with Crippen molar-refractivity contribution < 1.29 is 0 Å². The highest BCUT2D eigenvalue weighted by atomic mass is 28.3. The summed E-state index contributed by atoms with van der Waals surface area (Å²) in [6.45, 7) is 9.74. The Hall–Kier alpha value is -3.35. The minimum Gasteiger partial charge on any atom is -0.266 e. The first-order chi connectivity index (χ1) is 17.4. The summed E-state index contributed by atoms with van der Waals surface area (Å²) in [5.74, 6) is 0. The van der Waals surface area contributed by atoms with Crippen molar-refractivity contribution in [1.29, 1.82) is 0 Å². The molecule has 1 aliphatic rings. The Kier molecular flexibility index (Phi) is 6.74. The molecule has 0 bridgehead atoms. The highest BCUT2D eigenvalue weighted by Gasteiger charge is 2.43. The van der Waals surface area contributed by atoms with Gasteiger partial charge in [0, 0.05) is 23.0 Å². The van der Waals surface area contributed by atoms with E-state index in [-0.39, 0.29) is 0 Å². The average molecular weight is 503 g/mol. The molecule has 4 aromatic rings. The van der Waals surface area contributed by atoms with Crippen molar-refractivity contribution in [1.82, 2.24) is 9.97 Å². The van der Waals surface area contributed by atoms with Gasteiger partial charge in [0.05, 0.1) is 0 Å². The van der Waals surface area contributed by atoms with Crippen molar-refractivity contribution in [2.75, 3.05) is 0 Å². The van der Waals surface area contributed by atoms with E-state index in [4.69, 9.17) is 9.97 Å². The van der Waals surface area contributed by atoms with Gasteiger partial charge in [0.25, 0.3) is 0 Å². The molecular formula is C32H34N2Si2. The first-order valence-corrected chi connectivity index (χ1v) is 18.9. The molecule has 5 rings (SSSR count). The van der Waals surface area contributed by atoms with Gasteiger partial charge in [-0.05, 0) is 64.1 Å². The van der Waals surface area contributed by atoms with E-state index in [9.17, 15) is 0 Å². The first kappa shape index (κ1) is 24.4. The van der Waals surface area contributed by atoms with Crippen LogP contribution in [0.4, 0.5) is 0 Å². The zero-order valence-electron chi connectivity index (χ0n) is 21.6. The molecule has 2 nitrogen and oxygen atoms in total. The fraction of sp³-hybridized carbons (Fsp3) is 0.188. The van der Waals surface area contributed by atoms with Crippen molar-refractivity contribution in [2.45, 2.75) is 38.2 Å². The predicted octanol–water partition coefficient (Wildman–Crippen LogP) is 6.64. The number of benzene rings is 2. The van der Waals surface area contributed by atoms with Gasteiger partial charge in [-0.15, -0.1) is 0 Å². The van der Waals surface area contributed by atoms with Gasteiger partial charge in [0.15, 0.2) is 0 Å². The van der Waals surface area contributed by atoms with Crippen LogP contribution in [-0.4, -0.2) is 26.1 Å². The predicted molar refractivity (Wildman–Crippen MR) is 159 cm³/mol. The number of hydrogen-bond donors (Lipinski definition) is 0. The van der Waals surface area contributed by atoms with Crippen LogP contribution in [0.5, 0.6) is 0 Å². The molecule has 0 aliphatic heterocycles. The van der Waals surface area contributed by atoms with E-state index in [0.29, 0.717) is 5.54 Å². The molecule has 1 aliphatic carbocycles. The molecule has 0 amide bonds. The second kappa shape index (κ2) is 9.96. The number of allylic oxidation sites excluding steroid dienone is 3. The van der Waals surface area contributed by atoms with E-state index in [1.807, 2.05) is 24.5 Å². The molecule has 0 saturated heterocycles. The molecule has 4 heteroatoms. The first-order valence-electron chi connectivity index (χ1n) is 12.8. The summed E-state index contributed by atoms with van der Waals surface area (Å²) in [4.78, 5) is 9.59. The van der Waals surface area contributed by atoms with E-state index in [2.05, 4.69) is 117 Å². The lowest BCUT2D eigenvalue weighted by atomic mass is 9.95. The lowest BCUT2D eigenvalue weighted by Gasteiger charge is -2.31. The summed E-state index contributed by atoms with van der Waals surface area (Å²) >= 11 is 0. The van der Waals surface area contributed by atoms with Gasteiger partial charge in [-0.25, -0.2) is 0 Å². The van der Waals surface area contributed by atoms with Crippen molar-refractivity contribution in [3.05, 3.63) is 132 Å². The zero-order chi connectivity index (χ0) is 25.2. The molecule has 36 heavy (non-hydrogen) atoms. The maximum absolute atomic E-state index is 4.87. The van der Waals surface area contributed by atoms with Crippen LogP contribution in [0, 0.1) is 0 Å². The molecule has 2 aromatic carbocycles. The third kappa shape index (κ3) is 4.71. The summed E-state index contributed by atoms with van der Waals surface area (Å²) in [6, 6.07) is 32.6. The topological polar surface area (TPSA) is 25.8 Å². The SMILES string of the molecule is C[Si](C)(/C=C/C(=C1/c2ccccc2CC1[Si](C)(C)c1ccccn1)c1ccccc1)c1ccccn1. The summed E-state index contributed by atoms with van der Waals surface area (Å²) in [7, 11) is -3.82. The van der Waals surface area contributed by atoms with Crippen molar-refractivity contribution in [2.24, 2.45) is 0 Å². The Balaban J connectivity index is 1.72. The monoisotopic (exact) mass is 502 g/mol. The highest BCUT2D eigenvalue weighted by Crippen LogP contribution is 2.50. The van der Waals surface area contributed by atoms with Gasteiger partial charge in [0.2, 0.25) is 0 Å². The van der Waals surface area contributed by atoms with Crippen LogP contribution in [0.15, 0.2) is 115 Å². The van der Waals surface area contributed by atoms with Gasteiger partial charge in [-0.3, -0.25) is 9.97 Å². The fourth-order valence-corrected chi connectivity index (χ4v) is 10.2. The van der Waals surface area contributed by atoms with Crippen LogP contribution >= 0.6 is 0 Å². The number of fused-ring (bicyclic) bond motifs is 1. The third-order valence-electron chi connectivity index (χ3n) is 7.64. The maximum Gasteiger partial charge on any atom is 0.127 e. The summed E-state index contributed by atoms with van der Waals surface area (Å²) in [5.41, 5.74) is 9.89. The molecule has 2 heterocycles. The molecule has 180 valence electrons. The Bertz CT molecular complexity index is 1390. The fourth-order valence-electron chi connectivity index (χ4n) is 5.42. The number of aromatic nitrogens is 2. The molecular weight excluding hydrogens is 469 g/mol. The lowest BCUT2D eigenvalue weighted by Crippen LogP contribution is -2.47. The minimum atomic E-state index is -1.95. The maximum atomic E-state index is 4.87. The lowest BCUT2D eigenvalue weighted by molar-refractivity contribution is 1.03. The van der Waals surface area contributed by atoms with Crippen molar-refractivity contribution >= 4 is 37.9 Å². The third-order valence-corrected chi connectivity index (χ3v) is 14.1. The molecule has 0 radical (unpaired) electrons. The highest BCUT2D eigenvalue weighted by molar-refractivity contribution is 6.93. The quantitative estimate of drug-likeness (QED) is 0.276. The van der Waals surface area contributed by atoms with Crippen LogP contribution in [0.25, 0.3) is 11.1 Å². The van der Waals surface area contributed by atoms with Gasteiger partial charge >= 0.3 is 0 Å². The van der Waals surface area contributed by atoms with Crippen LogP contribution < -0.4 is 10.6 Å². The molecule has 2 aromatic heterocycles. The molecule has 0 spiro atoms. The number of pyridine rings is 2. The Morgan fingerprint density at radius 1 is 0.722 bits per heavy atom. The molecule has 0 saturated carbocycles. The van der Waals surface area contributed by atoms with Crippen molar-refractivity contribution in [3.8, 4) is 0 Å². The second-order valence-electron chi connectivity index (χ2n) is 10.8. The van der Waals surface area contributed by atoms with E-state index in [1.54, 1.807) is 0 Å².